The van der Waals surface area contributed by atoms with Crippen LogP contribution in [0.4, 0.5) is 4.39 Å². The van der Waals surface area contributed by atoms with E-state index in [1.54, 1.807) is 23.6 Å². The number of hydrogen-bond acceptors (Lipinski definition) is 5. The van der Waals surface area contributed by atoms with Crippen LogP contribution in [0.15, 0.2) is 34.7 Å². The van der Waals surface area contributed by atoms with Crippen molar-refractivity contribution >= 4 is 21.2 Å². The van der Waals surface area contributed by atoms with Crippen LogP contribution in [0.3, 0.4) is 0 Å². The van der Waals surface area contributed by atoms with E-state index in [1.807, 2.05) is 12.3 Å². The average Bonchev–Trinajstić information content (AvgIpc) is 2.96. The highest BCUT2D eigenvalue weighted by molar-refractivity contribution is 7.90. The van der Waals surface area contributed by atoms with Gasteiger partial charge in [-0.25, -0.2) is 17.8 Å². The lowest BCUT2D eigenvalue weighted by Crippen LogP contribution is -2.24. The Balaban J connectivity index is 2.19. The quantitative estimate of drug-likeness (QED) is 0.873. The molecule has 2 aromatic rings. The molecule has 120 valence electrons. The van der Waals surface area contributed by atoms with Crippen LogP contribution in [0.1, 0.15) is 42.9 Å². The van der Waals surface area contributed by atoms with Gasteiger partial charge in [0, 0.05) is 23.9 Å². The molecule has 2 rings (SSSR count). The third kappa shape index (κ3) is 3.91. The van der Waals surface area contributed by atoms with E-state index in [0.717, 1.165) is 17.7 Å². The molecule has 0 aliphatic heterocycles. The molecule has 2 atom stereocenters. The summed E-state index contributed by atoms with van der Waals surface area (Å²) in [4.78, 5) is 4.03. The van der Waals surface area contributed by atoms with E-state index in [-0.39, 0.29) is 17.0 Å². The molecule has 1 aromatic carbocycles. The SMILES string of the molecule is CC[C@H](N[C@@H](C)c1ccc(S(C)(=O)=O)c(F)c1)c1nccs1. The predicted octanol–water partition coefficient (Wildman–Crippen LogP) is 3.49. The second-order valence-electron chi connectivity index (χ2n) is 5.18. The van der Waals surface area contributed by atoms with Crippen LogP contribution in [0.5, 0.6) is 0 Å². The van der Waals surface area contributed by atoms with E-state index in [2.05, 4.69) is 17.2 Å². The van der Waals surface area contributed by atoms with Gasteiger partial charge in [-0.1, -0.05) is 13.0 Å². The molecule has 1 aromatic heterocycles. The van der Waals surface area contributed by atoms with Crippen LogP contribution in [0.2, 0.25) is 0 Å². The predicted molar refractivity (Wildman–Crippen MR) is 86.2 cm³/mol. The summed E-state index contributed by atoms with van der Waals surface area (Å²) in [5, 5.41) is 6.31. The molecule has 0 aliphatic carbocycles. The first-order valence-electron chi connectivity index (χ1n) is 6.98. The molecular formula is C15H19FN2O2S2. The first-order chi connectivity index (χ1) is 10.3. The standard InChI is InChI=1S/C15H19FN2O2S2/c1-4-13(15-17-7-8-21-15)18-10(2)11-5-6-14(12(16)9-11)22(3,19)20/h5-10,13,18H,4H2,1-3H3/t10-,13-/m0/s1. The lowest BCUT2D eigenvalue weighted by atomic mass is 10.1. The van der Waals surface area contributed by atoms with Gasteiger partial charge >= 0.3 is 0 Å². The Labute approximate surface area is 134 Å². The zero-order chi connectivity index (χ0) is 16.3. The zero-order valence-corrected chi connectivity index (χ0v) is 14.3. The number of hydrogen-bond donors (Lipinski definition) is 1. The van der Waals surface area contributed by atoms with Crippen LogP contribution in [-0.4, -0.2) is 19.7 Å². The van der Waals surface area contributed by atoms with Gasteiger partial charge in [-0.2, -0.15) is 0 Å². The van der Waals surface area contributed by atoms with E-state index < -0.39 is 15.7 Å². The molecule has 0 saturated heterocycles. The van der Waals surface area contributed by atoms with E-state index in [0.29, 0.717) is 5.56 Å². The van der Waals surface area contributed by atoms with Gasteiger partial charge in [0.05, 0.1) is 6.04 Å². The number of nitrogens with zero attached hydrogens (tertiary/aromatic N) is 1. The van der Waals surface area contributed by atoms with Crippen molar-refractivity contribution in [1.82, 2.24) is 10.3 Å². The van der Waals surface area contributed by atoms with Crippen molar-refractivity contribution in [2.45, 2.75) is 37.2 Å². The first-order valence-corrected chi connectivity index (χ1v) is 9.75. The van der Waals surface area contributed by atoms with Gasteiger partial charge in [-0.15, -0.1) is 11.3 Å². The summed E-state index contributed by atoms with van der Waals surface area (Å²) in [5.74, 6) is -0.712. The third-order valence-corrected chi connectivity index (χ3v) is 5.48. The Kier molecular flexibility index (Phi) is 5.31. The fraction of sp³-hybridized carbons (Fsp3) is 0.400. The zero-order valence-electron chi connectivity index (χ0n) is 12.7. The van der Waals surface area contributed by atoms with Gasteiger partial charge < -0.3 is 5.32 Å². The van der Waals surface area contributed by atoms with Crippen molar-refractivity contribution in [1.29, 1.82) is 0 Å². The molecule has 0 radical (unpaired) electrons. The minimum absolute atomic E-state index is 0.0904. The second kappa shape index (κ2) is 6.85. The summed E-state index contributed by atoms with van der Waals surface area (Å²) >= 11 is 1.57. The van der Waals surface area contributed by atoms with Gasteiger partial charge in [0.2, 0.25) is 0 Å². The second-order valence-corrected chi connectivity index (χ2v) is 8.09. The van der Waals surface area contributed by atoms with Crippen LogP contribution in [-0.2, 0) is 9.84 Å². The monoisotopic (exact) mass is 342 g/mol. The highest BCUT2D eigenvalue weighted by Gasteiger charge is 2.19. The minimum atomic E-state index is -3.54. The number of rotatable bonds is 6. The lowest BCUT2D eigenvalue weighted by Gasteiger charge is -2.21. The van der Waals surface area contributed by atoms with Crippen LogP contribution < -0.4 is 5.32 Å². The Hall–Kier alpha value is -1.31. The average molecular weight is 342 g/mol. The smallest absolute Gasteiger partial charge is 0.178 e. The molecule has 0 spiro atoms. The van der Waals surface area contributed by atoms with Gasteiger partial charge in [0.15, 0.2) is 9.84 Å². The molecule has 1 heterocycles. The third-order valence-electron chi connectivity index (χ3n) is 3.46. The summed E-state index contributed by atoms with van der Waals surface area (Å²) in [7, 11) is -3.54. The normalized spacial score (nSPS) is 14.7. The minimum Gasteiger partial charge on any atom is -0.301 e. The number of nitrogens with one attached hydrogen (secondary N) is 1. The first kappa shape index (κ1) is 17.1. The van der Waals surface area contributed by atoms with Crippen molar-refractivity contribution < 1.29 is 12.8 Å². The Morgan fingerprint density at radius 3 is 2.64 bits per heavy atom. The molecule has 22 heavy (non-hydrogen) atoms. The molecule has 0 aliphatic rings. The van der Waals surface area contributed by atoms with Crippen molar-refractivity contribution in [3.63, 3.8) is 0 Å². The highest BCUT2D eigenvalue weighted by Crippen LogP contribution is 2.25. The summed E-state index contributed by atoms with van der Waals surface area (Å²) in [6, 6.07) is 4.22. The number of benzene rings is 1. The number of aromatic nitrogens is 1. The Bertz CT molecular complexity index is 730. The maximum atomic E-state index is 14.0. The fourth-order valence-electron chi connectivity index (χ4n) is 2.26. The summed E-state index contributed by atoms with van der Waals surface area (Å²) in [5.41, 5.74) is 0.708. The maximum absolute atomic E-state index is 14.0. The topological polar surface area (TPSA) is 59.1 Å². The molecule has 0 fully saturated rings. The summed E-state index contributed by atoms with van der Waals surface area (Å²) in [6.45, 7) is 3.98. The van der Waals surface area contributed by atoms with Gasteiger partial charge in [-0.05, 0) is 31.0 Å². The number of thiazole rings is 1. The van der Waals surface area contributed by atoms with Crippen molar-refractivity contribution in [2.75, 3.05) is 6.26 Å². The summed E-state index contributed by atoms with van der Waals surface area (Å²) in [6.07, 6.45) is 3.62. The maximum Gasteiger partial charge on any atom is 0.178 e. The van der Waals surface area contributed by atoms with Gasteiger partial charge in [-0.3, -0.25) is 0 Å². The Morgan fingerprint density at radius 1 is 1.41 bits per heavy atom. The molecule has 4 nitrogen and oxygen atoms in total. The van der Waals surface area contributed by atoms with Crippen LogP contribution in [0, 0.1) is 5.82 Å². The Morgan fingerprint density at radius 2 is 2.14 bits per heavy atom. The molecule has 7 heteroatoms. The van der Waals surface area contributed by atoms with Gasteiger partial charge in [0.1, 0.15) is 15.7 Å². The van der Waals surface area contributed by atoms with E-state index >= 15 is 0 Å². The largest absolute Gasteiger partial charge is 0.301 e. The molecule has 0 amide bonds. The molecule has 0 unspecified atom stereocenters. The summed E-state index contributed by atoms with van der Waals surface area (Å²) < 4.78 is 36.9. The van der Waals surface area contributed by atoms with E-state index in [4.69, 9.17) is 0 Å². The van der Waals surface area contributed by atoms with Crippen molar-refractivity contribution in [3.8, 4) is 0 Å². The fourth-order valence-corrected chi connectivity index (χ4v) is 3.77. The molecule has 1 N–H and O–H groups in total. The molecule has 0 saturated carbocycles. The molecule has 0 bridgehead atoms. The number of halogens is 1. The van der Waals surface area contributed by atoms with Crippen LogP contribution in [0.25, 0.3) is 0 Å². The van der Waals surface area contributed by atoms with Gasteiger partial charge in [0.25, 0.3) is 0 Å². The molecular weight excluding hydrogens is 323 g/mol. The van der Waals surface area contributed by atoms with E-state index in [1.165, 1.54) is 12.1 Å². The lowest BCUT2D eigenvalue weighted by molar-refractivity contribution is 0.452. The number of sulfone groups is 1. The van der Waals surface area contributed by atoms with Crippen molar-refractivity contribution in [2.24, 2.45) is 0 Å². The van der Waals surface area contributed by atoms with E-state index in [9.17, 15) is 12.8 Å². The van der Waals surface area contributed by atoms with Crippen molar-refractivity contribution in [3.05, 3.63) is 46.2 Å². The highest BCUT2D eigenvalue weighted by atomic mass is 32.2. The van der Waals surface area contributed by atoms with Crippen LogP contribution >= 0.6 is 11.3 Å².